The first kappa shape index (κ1) is 43.6. The average Bonchev–Trinajstić information content (AvgIpc) is 4.09. The van der Waals surface area contributed by atoms with Crippen LogP contribution in [-0.4, -0.2) is 68.8 Å². The van der Waals surface area contributed by atoms with Crippen molar-refractivity contribution in [1.29, 1.82) is 0 Å². The molecule has 16 nitrogen and oxygen atoms in total. The number of aromatic nitrogens is 2. The topological polar surface area (TPSA) is 178 Å². The zero-order valence-electron chi connectivity index (χ0n) is 38.4. The standard InChI is InChI=1S/C53H46N2O14/c1-7-53(37-20-39-47-31(15-29-14-26(2)8-13-38(29)54-47)21-55(39)50(57)35(37)22-65-52(53)59)69-44(56)24-64-32-11-9-28(10-12-32)51(58)68-48-34-19-41-40(66-25-67-41)18-33(34)46(45-27(3)63-23-36(45)48)30-16-42(60-4)49(62-6)43(17-30)61-5/h8-20,36,45-46,48H,3,7,21-25H2,1-2,4-6H3/t36-,45+,46+,48?,53?/m1/s1. The fourth-order valence-electron chi connectivity index (χ4n) is 10.6. The van der Waals surface area contributed by atoms with Crippen LogP contribution in [0.1, 0.15) is 74.7 Å². The van der Waals surface area contributed by atoms with E-state index in [0.717, 1.165) is 38.7 Å². The van der Waals surface area contributed by atoms with Crippen LogP contribution < -0.4 is 34.0 Å². The van der Waals surface area contributed by atoms with Crippen LogP contribution in [0.3, 0.4) is 0 Å². The molecule has 2 aromatic heterocycles. The summed E-state index contributed by atoms with van der Waals surface area (Å²) in [7, 11) is 4.66. The Morgan fingerprint density at radius 1 is 0.870 bits per heavy atom. The minimum absolute atomic E-state index is 0.0101. The molecule has 4 aromatic carbocycles. The minimum atomic E-state index is -1.91. The maximum atomic E-state index is 14.1. The van der Waals surface area contributed by atoms with Crippen LogP contribution in [0.2, 0.25) is 0 Å². The molecular formula is C53H46N2O14. The van der Waals surface area contributed by atoms with Crippen molar-refractivity contribution in [2.45, 2.75) is 51.0 Å². The molecule has 0 spiro atoms. The molecule has 1 fully saturated rings. The third kappa shape index (κ3) is 6.98. The van der Waals surface area contributed by atoms with Crippen molar-refractivity contribution in [2.24, 2.45) is 11.8 Å². The Balaban J connectivity index is 0.824. The van der Waals surface area contributed by atoms with Crippen molar-refractivity contribution in [3.05, 3.63) is 146 Å². The zero-order valence-corrected chi connectivity index (χ0v) is 38.4. The Hall–Kier alpha value is -8.01. The highest BCUT2D eigenvalue weighted by atomic mass is 16.7. The number of esters is 3. The van der Waals surface area contributed by atoms with Gasteiger partial charge in [-0.1, -0.05) is 25.1 Å². The number of ether oxygens (including phenoxy) is 10. The van der Waals surface area contributed by atoms with E-state index in [9.17, 15) is 19.2 Å². The molecule has 5 aliphatic rings. The maximum absolute atomic E-state index is 14.1. The Bertz CT molecular complexity index is 3210. The molecule has 1 aliphatic carbocycles. The summed E-state index contributed by atoms with van der Waals surface area (Å²) < 4.78 is 60.1. The number of nitrogens with zero attached hydrogens (tertiary/aromatic N) is 2. The van der Waals surface area contributed by atoms with Crippen molar-refractivity contribution >= 4 is 28.8 Å². The predicted octanol–water partition coefficient (Wildman–Crippen LogP) is 7.59. The molecule has 352 valence electrons. The molecule has 0 radical (unpaired) electrons. The molecular weight excluding hydrogens is 889 g/mol. The number of pyridine rings is 2. The summed E-state index contributed by atoms with van der Waals surface area (Å²) in [5.41, 5.74) is 4.71. The number of aryl methyl sites for hydroxylation is 1. The summed E-state index contributed by atoms with van der Waals surface area (Å²) in [6.45, 7) is 7.70. The second kappa shape index (κ2) is 16.6. The van der Waals surface area contributed by atoms with E-state index in [-0.39, 0.29) is 72.2 Å². The van der Waals surface area contributed by atoms with E-state index in [1.54, 1.807) is 38.9 Å². The number of fused-ring (bicyclic) bond motifs is 8. The number of methoxy groups -OCH3 is 3. The SMILES string of the molecule is C=C1OC[C@H]2C(OC(=O)c3ccc(OCC(=O)OC4(CC)C(=O)OCc5c4cc4n(c5=O)Cc5cc6cc(C)ccc6nc5-4)cc3)c3cc4c(cc3[C@H](c3cc(OC)c(OC)c(OC)c3)[C@@H]12)OCO4. The fourth-order valence-corrected chi connectivity index (χ4v) is 10.6. The van der Waals surface area contributed by atoms with Gasteiger partial charge in [-0.15, -0.1) is 0 Å². The lowest BCUT2D eigenvalue weighted by atomic mass is 9.65. The molecule has 69 heavy (non-hydrogen) atoms. The predicted molar refractivity (Wildman–Crippen MR) is 246 cm³/mol. The highest BCUT2D eigenvalue weighted by molar-refractivity contribution is 5.90. The summed E-state index contributed by atoms with van der Waals surface area (Å²) in [5, 5.41) is 0.956. The number of cyclic esters (lactones) is 1. The quantitative estimate of drug-likeness (QED) is 0.0914. The second-order valence-corrected chi connectivity index (χ2v) is 17.6. The van der Waals surface area contributed by atoms with Gasteiger partial charge in [0.1, 0.15) is 18.5 Å². The van der Waals surface area contributed by atoms with E-state index in [0.29, 0.717) is 52.4 Å². The van der Waals surface area contributed by atoms with Crippen molar-refractivity contribution in [2.75, 3.05) is 41.3 Å². The number of carbonyl (C=O) groups excluding carboxylic acids is 3. The lowest BCUT2D eigenvalue weighted by Gasteiger charge is -2.39. The van der Waals surface area contributed by atoms with E-state index < -0.39 is 36.2 Å². The molecule has 11 rings (SSSR count). The van der Waals surface area contributed by atoms with E-state index in [2.05, 4.69) is 6.58 Å². The Morgan fingerprint density at radius 2 is 1.61 bits per heavy atom. The Labute approximate surface area is 395 Å². The molecule has 4 aliphatic heterocycles. The summed E-state index contributed by atoms with van der Waals surface area (Å²) in [6, 6.07) is 23.4. The highest BCUT2D eigenvalue weighted by Gasteiger charge is 2.53. The summed E-state index contributed by atoms with van der Waals surface area (Å²) in [4.78, 5) is 60.2. The first-order valence-electron chi connectivity index (χ1n) is 22.5. The van der Waals surface area contributed by atoms with Gasteiger partial charge >= 0.3 is 17.9 Å². The van der Waals surface area contributed by atoms with E-state index in [4.69, 9.17) is 52.4 Å². The van der Waals surface area contributed by atoms with Gasteiger partial charge < -0.3 is 51.9 Å². The van der Waals surface area contributed by atoms with Gasteiger partial charge in [0, 0.05) is 39.8 Å². The lowest BCUT2D eigenvalue weighted by molar-refractivity contribution is -0.190. The molecule has 0 saturated carbocycles. The van der Waals surface area contributed by atoms with Gasteiger partial charge in [-0.2, -0.15) is 0 Å². The summed E-state index contributed by atoms with van der Waals surface area (Å²) in [5.74, 6) is -0.0151. The average molecular weight is 935 g/mol. The van der Waals surface area contributed by atoms with E-state index in [1.165, 1.54) is 24.3 Å². The van der Waals surface area contributed by atoms with Crippen molar-refractivity contribution in [1.82, 2.24) is 9.55 Å². The molecule has 0 N–H and O–H groups in total. The van der Waals surface area contributed by atoms with E-state index >= 15 is 0 Å². The number of rotatable bonds is 11. The minimum Gasteiger partial charge on any atom is -0.498 e. The van der Waals surface area contributed by atoms with Gasteiger partial charge in [-0.25, -0.2) is 19.4 Å². The van der Waals surface area contributed by atoms with Crippen LogP contribution in [0.5, 0.6) is 34.5 Å². The molecule has 1 saturated heterocycles. The number of hydrogen-bond donors (Lipinski definition) is 0. The van der Waals surface area contributed by atoms with Crippen molar-refractivity contribution in [3.8, 4) is 45.9 Å². The van der Waals surface area contributed by atoms with Gasteiger partial charge in [0.05, 0.1) is 68.3 Å². The smallest absolute Gasteiger partial charge is 0.355 e. The van der Waals surface area contributed by atoms with Crippen molar-refractivity contribution in [3.63, 3.8) is 0 Å². The second-order valence-electron chi connectivity index (χ2n) is 17.6. The number of allylic oxidation sites excluding steroid dienone is 1. The van der Waals surface area contributed by atoms with E-state index in [1.807, 2.05) is 55.5 Å². The Morgan fingerprint density at radius 3 is 2.32 bits per heavy atom. The van der Waals surface area contributed by atoms with Crippen molar-refractivity contribution < 1.29 is 61.8 Å². The summed E-state index contributed by atoms with van der Waals surface area (Å²) in [6.07, 6.45) is -0.783. The third-order valence-electron chi connectivity index (χ3n) is 13.9. The van der Waals surface area contributed by atoms with Gasteiger partial charge in [-0.3, -0.25) is 4.79 Å². The van der Waals surface area contributed by atoms with Gasteiger partial charge in [0.2, 0.25) is 18.1 Å². The highest BCUT2D eigenvalue weighted by Crippen LogP contribution is 2.58. The van der Waals surface area contributed by atoms with Crippen LogP contribution >= 0.6 is 0 Å². The fraction of sp³-hybridized carbons (Fsp3) is 0.302. The number of benzene rings is 4. The van der Waals surface area contributed by atoms with Gasteiger partial charge in [0.15, 0.2) is 29.6 Å². The molecule has 6 heterocycles. The molecule has 2 unspecified atom stereocenters. The van der Waals surface area contributed by atoms with Crippen LogP contribution in [0.15, 0.2) is 96.0 Å². The monoisotopic (exact) mass is 934 g/mol. The molecule has 0 bridgehead atoms. The molecule has 6 aromatic rings. The lowest BCUT2D eigenvalue weighted by Crippen LogP contribution is -2.48. The van der Waals surface area contributed by atoms with Crippen LogP contribution in [0, 0.1) is 18.8 Å². The van der Waals surface area contributed by atoms with Crippen LogP contribution in [0.25, 0.3) is 22.3 Å². The zero-order chi connectivity index (χ0) is 47.9. The van der Waals surface area contributed by atoms with Crippen LogP contribution in [-0.2, 0) is 47.3 Å². The Kier molecular flexibility index (Phi) is 10.5. The van der Waals surface area contributed by atoms with Gasteiger partial charge in [0.25, 0.3) is 5.56 Å². The number of hydrogen-bond acceptors (Lipinski definition) is 15. The van der Waals surface area contributed by atoms with Gasteiger partial charge in [-0.05, 0) is 97.3 Å². The molecule has 16 heteroatoms. The third-order valence-corrected chi connectivity index (χ3v) is 13.9. The first-order valence-corrected chi connectivity index (χ1v) is 22.5. The summed E-state index contributed by atoms with van der Waals surface area (Å²) >= 11 is 0. The maximum Gasteiger partial charge on any atom is 0.355 e. The normalized spacial score (nSPS) is 21.2. The first-order chi connectivity index (χ1) is 33.4. The molecule has 5 atom stereocenters. The largest absolute Gasteiger partial charge is 0.498 e. The van der Waals surface area contributed by atoms with Crippen LogP contribution in [0.4, 0.5) is 0 Å². The molecule has 0 amide bonds. The number of carbonyl (C=O) groups is 3.